The Balaban J connectivity index is 1.63. The first-order valence-electron chi connectivity index (χ1n) is 7.21. The van der Waals surface area contributed by atoms with Crippen LogP contribution in [0.5, 0.6) is 0 Å². The molecule has 1 aromatic carbocycles. The third-order valence-electron chi connectivity index (χ3n) is 3.79. The Kier molecular flexibility index (Phi) is 3.69. The highest BCUT2D eigenvalue weighted by Gasteiger charge is 2.54. The molecule has 112 valence electrons. The number of benzene rings is 1. The summed E-state index contributed by atoms with van der Waals surface area (Å²) in [5, 5.41) is 0. The van der Waals surface area contributed by atoms with Crippen LogP contribution in [0.15, 0.2) is 42.5 Å². The topological polar surface area (TPSA) is 44.8 Å². The van der Waals surface area contributed by atoms with E-state index in [9.17, 15) is 4.79 Å². The fourth-order valence-electron chi connectivity index (χ4n) is 2.94. The van der Waals surface area contributed by atoms with Gasteiger partial charge >= 0.3 is 0 Å². The average molecular weight is 288 g/mol. The molecule has 0 N–H and O–H groups in total. The minimum absolute atomic E-state index is 0.0735. The van der Waals surface area contributed by atoms with Crippen molar-refractivity contribution in [3.63, 3.8) is 0 Å². The van der Waals surface area contributed by atoms with Gasteiger partial charge in [-0.1, -0.05) is 30.3 Å². The SMILES string of the molecule is CC1(C)O[C@H](COCc2ccccc2)[C@@]2(C=CC(=O)C2)O1. The van der Waals surface area contributed by atoms with E-state index in [0.29, 0.717) is 19.6 Å². The summed E-state index contributed by atoms with van der Waals surface area (Å²) in [6, 6.07) is 9.98. The smallest absolute Gasteiger partial charge is 0.164 e. The molecule has 0 unspecified atom stereocenters. The van der Waals surface area contributed by atoms with Gasteiger partial charge < -0.3 is 14.2 Å². The van der Waals surface area contributed by atoms with Crippen molar-refractivity contribution in [1.29, 1.82) is 0 Å². The van der Waals surface area contributed by atoms with E-state index in [2.05, 4.69) is 0 Å². The van der Waals surface area contributed by atoms with Crippen LogP contribution >= 0.6 is 0 Å². The standard InChI is InChI=1S/C17H20O4/c1-16(2)20-15(17(21-16)9-8-14(18)10-17)12-19-11-13-6-4-3-5-7-13/h3-9,15H,10-12H2,1-2H3/t15-,17+/m1/s1. The molecule has 0 amide bonds. The number of hydrogen-bond donors (Lipinski definition) is 0. The van der Waals surface area contributed by atoms with Gasteiger partial charge in [0.05, 0.1) is 13.2 Å². The van der Waals surface area contributed by atoms with Gasteiger partial charge in [0, 0.05) is 6.42 Å². The Hall–Kier alpha value is -1.49. The molecule has 1 saturated heterocycles. The molecule has 1 heterocycles. The van der Waals surface area contributed by atoms with Gasteiger partial charge in [-0.2, -0.15) is 0 Å². The first kappa shape index (κ1) is 14.4. The lowest BCUT2D eigenvalue weighted by Gasteiger charge is -2.25. The molecule has 1 aliphatic heterocycles. The van der Waals surface area contributed by atoms with Gasteiger partial charge in [0.2, 0.25) is 0 Å². The predicted octanol–water partition coefficient (Wildman–Crippen LogP) is 2.62. The van der Waals surface area contributed by atoms with Crippen molar-refractivity contribution in [1.82, 2.24) is 0 Å². The van der Waals surface area contributed by atoms with Gasteiger partial charge in [-0.25, -0.2) is 0 Å². The molecule has 2 aliphatic rings. The van der Waals surface area contributed by atoms with Crippen LogP contribution in [0.2, 0.25) is 0 Å². The van der Waals surface area contributed by atoms with E-state index in [1.165, 1.54) is 0 Å². The number of allylic oxidation sites excluding steroid dienone is 1. The second-order valence-electron chi connectivity index (χ2n) is 6.04. The Bertz CT molecular complexity index is 549. The average Bonchev–Trinajstić information content (AvgIpc) is 2.91. The zero-order valence-electron chi connectivity index (χ0n) is 12.4. The summed E-state index contributed by atoms with van der Waals surface area (Å²) in [4.78, 5) is 11.6. The van der Waals surface area contributed by atoms with E-state index >= 15 is 0 Å². The number of carbonyl (C=O) groups is 1. The second kappa shape index (κ2) is 5.37. The van der Waals surface area contributed by atoms with Crippen LogP contribution < -0.4 is 0 Å². The van der Waals surface area contributed by atoms with E-state index < -0.39 is 11.4 Å². The van der Waals surface area contributed by atoms with Crippen LogP contribution in [0.4, 0.5) is 0 Å². The number of rotatable bonds is 4. The van der Waals surface area contributed by atoms with Crippen molar-refractivity contribution in [2.24, 2.45) is 0 Å². The summed E-state index contributed by atoms with van der Waals surface area (Å²) in [5.41, 5.74) is 0.444. The zero-order valence-corrected chi connectivity index (χ0v) is 12.4. The molecule has 1 aromatic rings. The van der Waals surface area contributed by atoms with E-state index in [0.717, 1.165) is 5.56 Å². The second-order valence-corrected chi connectivity index (χ2v) is 6.04. The van der Waals surface area contributed by atoms with Gasteiger partial charge in [0.25, 0.3) is 0 Å². The Morgan fingerprint density at radius 2 is 2.05 bits per heavy atom. The molecule has 0 aromatic heterocycles. The molecule has 1 aliphatic carbocycles. The van der Waals surface area contributed by atoms with Crippen LogP contribution in [-0.2, 0) is 25.6 Å². The maximum Gasteiger partial charge on any atom is 0.164 e. The van der Waals surface area contributed by atoms with Gasteiger partial charge in [-0.3, -0.25) is 4.79 Å². The van der Waals surface area contributed by atoms with Crippen LogP contribution in [0, 0.1) is 0 Å². The van der Waals surface area contributed by atoms with Crippen molar-refractivity contribution in [3.05, 3.63) is 48.0 Å². The van der Waals surface area contributed by atoms with Gasteiger partial charge in [-0.15, -0.1) is 0 Å². The van der Waals surface area contributed by atoms with Gasteiger partial charge in [-0.05, 0) is 31.6 Å². The first-order valence-corrected chi connectivity index (χ1v) is 7.21. The zero-order chi connectivity index (χ0) is 14.9. The van der Waals surface area contributed by atoms with Crippen molar-refractivity contribution in [3.8, 4) is 0 Å². The summed E-state index contributed by atoms with van der Waals surface area (Å²) in [5.74, 6) is -0.625. The lowest BCUT2D eigenvalue weighted by molar-refractivity contribution is -0.159. The van der Waals surface area contributed by atoms with Crippen molar-refractivity contribution < 1.29 is 19.0 Å². The molecule has 1 fully saturated rings. The van der Waals surface area contributed by atoms with Crippen LogP contribution in [0.25, 0.3) is 0 Å². The Morgan fingerprint density at radius 3 is 2.71 bits per heavy atom. The minimum Gasteiger partial charge on any atom is -0.374 e. The number of hydrogen-bond acceptors (Lipinski definition) is 4. The molecule has 3 rings (SSSR count). The number of ether oxygens (including phenoxy) is 3. The fraction of sp³-hybridized carbons (Fsp3) is 0.471. The van der Waals surface area contributed by atoms with Crippen LogP contribution in [0.1, 0.15) is 25.8 Å². The molecule has 0 saturated carbocycles. The maximum atomic E-state index is 11.6. The number of ketones is 1. The molecule has 21 heavy (non-hydrogen) atoms. The van der Waals surface area contributed by atoms with Crippen molar-refractivity contribution in [2.45, 2.75) is 44.4 Å². The minimum atomic E-state index is -0.699. The summed E-state index contributed by atoms with van der Waals surface area (Å²) in [6.07, 6.45) is 3.46. The first-order chi connectivity index (χ1) is 9.99. The summed E-state index contributed by atoms with van der Waals surface area (Å²) < 4.78 is 17.7. The van der Waals surface area contributed by atoms with E-state index in [1.807, 2.05) is 50.3 Å². The lowest BCUT2D eigenvalue weighted by Crippen LogP contribution is -2.40. The molecule has 0 radical (unpaired) electrons. The summed E-state index contributed by atoms with van der Waals surface area (Å²) in [6.45, 7) is 4.65. The van der Waals surface area contributed by atoms with Crippen LogP contribution in [0.3, 0.4) is 0 Å². The molecule has 2 atom stereocenters. The molecular weight excluding hydrogens is 268 g/mol. The predicted molar refractivity (Wildman–Crippen MR) is 77.6 cm³/mol. The highest BCUT2D eigenvalue weighted by atomic mass is 16.8. The summed E-state index contributed by atoms with van der Waals surface area (Å²) in [7, 11) is 0. The fourth-order valence-corrected chi connectivity index (χ4v) is 2.94. The highest BCUT2D eigenvalue weighted by Crippen LogP contribution is 2.42. The largest absolute Gasteiger partial charge is 0.374 e. The Morgan fingerprint density at radius 1 is 1.29 bits per heavy atom. The monoisotopic (exact) mass is 288 g/mol. The third kappa shape index (κ3) is 3.07. The molecule has 4 nitrogen and oxygen atoms in total. The number of carbonyl (C=O) groups excluding carboxylic acids is 1. The van der Waals surface area contributed by atoms with Crippen molar-refractivity contribution in [2.75, 3.05) is 6.61 Å². The highest BCUT2D eigenvalue weighted by molar-refractivity contribution is 5.93. The lowest BCUT2D eigenvalue weighted by atomic mass is 9.96. The summed E-state index contributed by atoms with van der Waals surface area (Å²) >= 11 is 0. The van der Waals surface area contributed by atoms with E-state index in [4.69, 9.17) is 14.2 Å². The third-order valence-corrected chi connectivity index (χ3v) is 3.79. The quantitative estimate of drug-likeness (QED) is 0.854. The molecule has 1 spiro atoms. The molecule has 4 heteroatoms. The maximum absolute atomic E-state index is 11.6. The van der Waals surface area contributed by atoms with Gasteiger partial charge in [0.1, 0.15) is 11.7 Å². The normalized spacial score (nSPS) is 30.4. The van der Waals surface area contributed by atoms with Crippen LogP contribution in [-0.4, -0.2) is 29.9 Å². The Labute approximate surface area is 124 Å². The van der Waals surface area contributed by atoms with Gasteiger partial charge in [0.15, 0.2) is 11.6 Å². The van der Waals surface area contributed by atoms with E-state index in [-0.39, 0.29) is 11.9 Å². The molecule has 0 bridgehead atoms. The van der Waals surface area contributed by atoms with Crippen molar-refractivity contribution >= 4 is 5.78 Å². The van der Waals surface area contributed by atoms with E-state index in [1.54, 1.807) is 6.08 Å². The molecular formula is C17H20O4.